The van der Waals surface area contributed by atoms with Gasteiger partial charge in [-0.3, -0.25) is 4.79 Å². The molecule has 1 aliphatic heterocycles. The maximum absolute atomic E-state index is 12.1. The molecule has 0 saturated carbocycles. The second-order valence-corrected chi connectivity index (χ2v) is 4.97. The third kappa shape index (κ3) is 2.71. The van der Waals surface area contributed by atoms with Gasteiger partial charge in [-0.05, 0) is 37.4 Å². The summed E-state index contributed by atoms with van der Waals surface area (Å²) in [5.41, 5.74) is 1.39. The topological polar surface area (TPSA) is 61.4 Å². The Bertz CT molecular complexity index is 426. The van der Waals surface area contributed by atoms with Crippen molar-refractivity contribution in [2.45, 2.75) is 38.5 Å². The lowest BCUT2D eigenvalue weighted by Gasteiger charge is -2.23. The van der Waals surface area contributed by atoms with Crippen LogP contribution >= 0.6 is 0 Å². The summed E-state index contributed by atoms with van der Waals surface area (Å²) in [6, 6.07) is 7.60. The van der Waals surface area contributed by atoms with Crippen molar-refractivity contribution in [3.05, 3.63) is 35.4 Å². The molecule has 1 heterocycles. The lowest BCUT2D eigenvalue weighted by atomic mass is 9.99. The van der Waals surface area contributed by atoms with E-state index in [2.05, 4.69) is 10.6 Å². The van der Waals surface area contributed by atoms with Crippen molar-refractivity contribution in [2.24, 2.45) is 0 Å². The zero-order valence-electron chi connectivity index (χ0n) is 10.7. The predicted molar refractivity (Wildman–Crippen MR) is 69.9 cm³/mol. The van der Waals surface area contributed by atoms with Crippen LogP contribution in [0, 0.1) is 0 Å². The second-order valence-electron chi connectivity index (χ2n) is 4.97. The van der Waals surface area contributed by atoms with Crippen molar-refractivity contribution >= 4 is 5.91 Å². The Labute approximate surface area is 107 Å². The molecule has 1 fully saturated rings. The van der Waals surface area contributed by atoms with Gasteiger partial charge >= 0.3 is 0 Å². The molecule has 0 aliphatic carbocycles. The van der Waals surface area contributed by atoms with E-state index in [-0.39, 0.29) is 12.5 Å². The van der Waals surface area contributed by atoms with E-state index in [1.807, 2.05) is 31.2 Å². The average molecular weight is 248 g/mol. The molecule has 18 heavy (non-hydrogen) atoms. The molecule has 98 valence electrons. The van der Waals surface area contributed by atoms with Crippen LogP contribution in [0.5, 0.6) is 0 Å². The molecule has 1 amide bonds. The highest BCUT2D eigenvalue weighted by Crippen LogP contribution is 2.18. The second kappa shape index (κ2) is 5.50. The quantitative estimate of drug-likeness (QED) is 0.743. The van der Waals surface area contributed by atoms with Gasteiger partial charge in [-0.1, -0.05) is 24.3 Å². The first-order chi connectivity index (χ1) is 8.65. The van der Waals surface area contributed by atoms with Crippen molar-refractivity contribution in [3.63, 3.8) is 0 Å². The van der Waals surface area contributed by atoms with Gasteiger partial charge in [0.1, 0.15) is 0 Å². The van der Waals surface area contributed by atoms with Gasteiger partial charge in [0, 0.05) is 6.54 Å². The molecule has 0 aromatic heterocycles. The minimum absolute atomic E-state index is 0.00155. The van der Waals surface area contributed by atoms with Crippen LogP contribution < -0.4 is 10.6 Å². The lowest BCUT2D eigenvalue weighted by molar-refractivity contribution is -0.126. The fraction of sp³-hybridized carbons (Fsp3) is 0.500. The molecule has 1 aromatic carbocycles. The number of hydrogen-bond acceptors (Lipinski definition) is 3. The van der Waals surface area contributed by atoms with Crippen LogP contribution in [-0.2, 0) is 17.9 Å². The van der Waals surface area contributed by atoms with Gasteiger partial charge in [-0.25, -0.2) is 0 Å². The largest absolute Gasteiger partial charge is 0.392 e. The van der Waals surface area contributed by atoms with Crippen LogP contribution in [0.1, 0.15) is 30.9 Å². The van der Waals surface area contributed by atoms with Crippen molar-refractivity contribution in [1.82, 2.24) is 10.6 Å². The van der Waals surface area contributed by atoms with E-state index in [1.54, 1.807) is 0 Å². The third-order valence-electron chi connectivity index (χ3n) is 3.60. The van der Waals surface area contributed by atoms with E-state index >= 15 is 0 Å². The Balaban J connectivity index is 1.97. The lowest BCUT2D eigenvalue weighted by Crippen LogP contribution is -2.50. The molecule has 0 radical (unpaired) electrons. The van der Waals surface area contributed by atoms with Gasteiger partial charge in [0.05, 0.1) is 12.1 Å². The Morgan fingerprint density at radius 1 is 1.44 bits per heavy atom. The highest BCUT2D eigenvalue weighted by atomic mass is 16.3. The highest BCUT2D eigenvalue weighted by Gasteiger charge is 2.35. The fourth-order valence-electron chi connectivity index (χ4n) is 2.34. The molecule has 4 heteroatoms. The van der Waals surface area contributed by atoms with Gasteiger partial charge in [-0.2, -0.15) is 0 Å². The van der Waals surface area contributed by atoms with Gasteiger partial charge in [0.25, 0.3) is 0 Å². The van der Waals surface area contributed by atoms with E-state index in [4.69, 9.17) is 0 Å². The molecule has 1 unspecified atom stereocenters. The van der Waals surface area contributed by atoms with Crippen LogP contribution in [0.3, 0.4) is 0 Å². The molecule has 0 bridgehead atoms. The summed E-state index contributed by atoms with van der Waals surface area (Å²) in [6.45, 7) is 3.30. The fourth-order valence-corrected chi connectivity index (χ4v) is 2.34. The summed E-state index contributed by atoms with van der Waals surface area (Å²) >= 11 is 0. The Hall–Kier alpha value is -1.39. The molecule has 1 aromatic rings. The van der Waals surface area contributed by atoms with Crippen molar-refractivity contribution in [3.8, 4) is 0 Å². The molecular weight excluding hydrogens is 228 g/mol. The minimum atomic E-state index is -0.436. The van der Waals surface area contributed by atoms with Crippen molar-refractivity contribution in [1.29, 1.82) is 0 Å². The normalized spacial score (nSPS) is 23.0. The molecule has 1 saturated heterocycles. The number of carbonyl (C=O) groups is 1. The van der Waals surface area contributed by atoms with E-state index in [0.29, 0.717) is 6.54 Å². The number of carbonyl (C=O) groups excluding carboxylic acids is 1. The van der Waals surface area contributed by atoms with Crippen LogP contribution in [0.4, 0.5) is 0 Å². The minimum Gasteiger partial charge on any atom is -0.392 e. The zero-order chi connectivity index (χ0) is 13.0. The first-order valence-corrected chi connectivity index (χ1v) is 6.37. The SMILES string of the molecule is CC1(C(=O)NCc2ccccc2CO)CCCN1. The number of amides is 1. The van der Waals surface area contributed by atoms with E-state index in [0.717, 1.165) is 30.5 Å². The first kappa shape index (κ1) is 13.1. The highest BCUT2D eigenvalue weighted by molar-refractivity contribution is 5.86. The average Bonchev–Trinajstić information content (AvgIpc) is 2.84. The molecule has 1 atom stereocenters. The van der Waals surface area contributed by atoms with Crippen LogP contribution in [0.25, 0.3) is 0 Å². The number of aliphatic hydroxyl groups is 1. The summed E-state index contributed by atoms with van der Waals surface area (Å²) in [7, 11) is 0. The summed E-state index contributed by atoms with van der Waals surface area (Å²) in [5, 5.41) is 15.4. The van der Waals surface area contributed by atoms with E-state index in [1.165, 1.54) is 0 Å². The monoisotopic (exact) mass is 248 g/mol. The van der Waals surface area contributed by atoms with Gasteiger partial charge in [0.2, 0.25) is 5.91 Å². The maximum Gasteiger partial charge on any atom is 0.240 e. The van der Waals surface area contributed by atoms with E-state index in [9.17, 15) is 9.90 Å². The summed E-state index contributed by atoms with van der Waals surface area (Å²) in [4.78, 5) is 12.1. The number of hydrogen-bond donors (Lipinski definition) is 3. The summed E-state index contributed by atoms with van der Waals surface area (Å²) in [6.07, 6.45) is 1.91. The molecule has 4 nitrogen and oxygen atoms in total. The molecular formula is C14H20N2O2. The number of nitrogens with one attached hydrogen (secondary N) is 2. The number of rotatable bonds is 4. The molecule has 2 rings (SSSR count). The first-order valence-electron chi connectivity index (χ1n) is 6.37. The Morgan fingerprint density at radius 3 is 2.78 bits per heavy atom. The van der Waals surface area contributed by atoms with E-state index < -0.39 is 5.54 Å². The smallest absolute Gasteiger partial charge is 0.240 e. The Kier molecular flexibility index (Phi) is 3.99. The zero-order valence-corrected chi connectivity index (χ0v) is 10.7. The van der Waals surface area contributed by atoms with Gasteiger partial charge in [-0.15, -0.1) is 0 Å². The van der Waals surface area contributed by atoms with Gasteiger partial charge in [0.15, 0.2) is 0 Å². The number of aliphatic hydroxyl groups excluding tert-OH is 1. The summed E-state index contributed by atoms with van der Waals surface area (Å²) in [5.74, 6) is 0.0349. The van der Waals surface area contributed by atoms with Crippen LogP contribution in [0.15, 0.2) is 24.3 Å². The Morgan fingerprint density at radius 2 is 2.17 bits per heavy atom. The molecule has 0 spiro atoms. The van der Waals surface area contributed by atoms with Crippen molar-refractivity contribution < 1.29 is 9.90 Å². The molecule has 1 aliphatic rings. The third-order valence-corrected chi connectivity index (χ3v) is 3.60. The standard InChI is InChI=1S/C14H20N2O2/c1-14(7-4-8-16-14)13(18)15-9-11-5-2-3-6-12(11)10-17/h2-3,5-6,16-17H,4,7-10H2,1H3,(H,15,18). The number of benzene rings is 1. The van der Waals surface area contributed by atoms with Crippen LogP contribution in [-0.4, -0.2) is 23.1 Å². The van der Waals surface area contributed by atoms with Gasteiger partial charge < -0.3 is 15.7 Å². The van der Waals surface area contributed by atoms with Crippen LogP contribution in [0.2, 0.25) is 0 Å². The molecule has 3 N–H and O–H groups in total. The maximum atomic E-state index is 12.1. The predicted octanol–water partition coefficient (Wildman–Crippen LogP) is 0.937. The summed E-state index contributed by atoms with van der Waals surface area (Å²) < 4.78 is 0. The van der Waals surface area contributed by atoms with Crippen molar-refractivity contribution in [2.75, 3.05) is 6.54 Å².